The first-order valence-corrected chi connectivity index (χ1v) is 9.53. The molecule has 27 heavy (non-hydrogen) atoms. The molecule has 0 aromatic heterocycles. The van der Waals surface area contributed by atoms with E-state index in [1.54, 1.807) is 7.11 Å². The number of piperidine rings is 1. The summed E-state index contributed by atoms with van der Waals surface area (Å²) >= 11 is 0. The van der Waals surface area contributed by atoms with Crippen LogP contribution in [0.3, 0.4) is 0 Å². The topological polar surface area (TPSA) is 48.0 Å². The van der Waals surface area contributed by atoms with Crippen molar-refractivity contribution in [1.82, 2.24) is 4.90 Å². The number of fused-ring (bicyclic) bond motifs is 3. The molecule has 5 unspecified atom stereocenters. The Morgan fingerprint density at radius 3 is 2.59 bits per heavy atom. The van der Waals surface area contributed by atoms with Crippen LogP contribution in [-0.2, 0) is 19.0 Å². The zero-order valence-corrected chi connectivity index (χ0v) is 16.1. The average Bonchev–Trinajstić information content (AvgIpc) is 2.89. The Balaban J connectivity index is 1.70. The molecule has 5 nitrogen and oxygen atoms in total. The van der Waals surface area contributed by atoms with E-state index in [2.05, 4.69) is 48.3 Å². The van der Waals surface area contributed by atoms with Crippen LogP contribution >= 0.6 is 0 Å². The third-order valence-electron chi connectivity index (χ3n) is 6.37. The predicted octanol–water partition coefficient (Wildman–Crippen LogP) is 3.18. The minimum absolute atomic E-state index is 0.0811. The number of rotatable bonds is 5. The van der Waals surface area contributed by atoms with Gasteiger partial charge in [-0.1, -0.05) is 42.5 Å². The fraction of sp³-hybridized carbons (Fsp3) is 0.500. The van der Waals surface area contributed by atoms with Crippen LogP contribution in [-0.4, -0.2) is 57.1 Å². The number of nitrogens with zero attached hydrogens (tertiary/aromatic N) is 1. The highest BCUT2D eigenvalue weighted by Crippen LogP contribution is 2.47. The van der Waals surface area contributed by atoms with E-state index in [1.165, 1.54) is 23.4 Å². The van der Waals surface area contributed by atoms with Crippen LogP contribution in [0.5, 0.6) is 0 Å². The number of hydrogen-bond donors (Lipinski definition) is 0. The summed E-state index contributed by atoms with van der Waals surface area (Å²) in [4.78, 5) is 15.1. The normalized spacial score (nSPS) is 30.6. The van der Waals surface area contributed by atoms with Crippen LogP contribution in [0.25, 0.3) is 10.8 Å². The highest BCUT2D eigenvalue weighted by atomic mass is 16.7. The van der Waals surface area contributed by atoms with Gasteiger partial charge in [-0.3, -0.25) is 9.69 Å². The molecule has 0 radical (unpaired) electrons. The van der Waals surface area contributed by atoms with Gasteiger partial charge < -0.3 is 14.2 Å². The third kappa shape index (κ3) is 3.24. The van der Waals surface area contributed by atoms with Crippen LogP contribution < -0.4 is 0 Å². The Bertz CT molecular complexity index is 823. The molecule has 5 heteroatoms. The van der Waals surface area contributed by atoms with Gasteiger partial charge in [-0.25, -0.2) is 0 Å². The van der Waals surface area contributed by atoms with E-state index < -0.39 is 0 Å². The molecule has 5 atom stereocenters. The predicted molar refractivity (Wildman–Crippen MR) is 104 cm³/mol. The Kier molecular flexibility index (Phi) is 5.17. The van der Waals surface area contributed by atoms with Crippen LogP contribution in [0.1, 0.15) is 24.3 Å². The molecule has 2 aromatic rings. The van der Waals surface area contributed by atoms with Gasteiger partial charge in [0.1, 0.15) is 6.79 Å². The summed E-state index contributed by atoms with van der Waals surface area (Å²) in [5.41, 5.74) is 1.21. The third-order valence-corrected chi connectivity index (χ3v) is 6.37. The van der Waals surface area contributed by atoms with Gasteiger partial charge in [0.05, 0.1) is 19.1 Å². The summed E-state index contributed by atoms with van der Waals surface area (Å²) < 4.78 is 16.3. The summed E-state index contributed by atoms with van der Waals surface area (Å²) in [6, 6.07) is 15.3. The van der Waals surface area contributed by atoms with Crippen molar-refractivity contribution < 1.29 is 19.0 Å². The van der Waals surface area contributed by atoms with E-state index in [1.807, 2.05) is 6.07 Å². The van der Waals surface area contributed by atoms with Crippen LogP contribution in [0.2, 0.25) is 0 Å². The first-order chi connectivity index (χ1) is 13.1. The number of methoxy groups -OCH3 is 2. The molecule has 2 saturated heterocycles. The first-order valence-electron chi connectivity index (χ1n) is 9.53. The van der Waals surface area contributed by atoms with Crippen molar-refractivity contribution in [2.24, 2.45) is 5.92 Å². The second kappa shape index (κ2) is 7.58. The number of hydrogen-bond acceptors (Lipinski definition) is 5. The summed E-state index contributed by atoms with van der Waals surface area (Å²) in [5, 5.41) is 2.42. The Labute approximate surface area is 160 Å². The number of esters is 1. The van der Waals surface area contributed by atoms with Crippen molar-refractivity contribution in [3.63, 3.8) is 0 Å². The standard InChI is InChI=1S/C22H27NO4/c1-23-18-11-17(16-9-8-14-6-4-5-7-15(14)10-16)21(22(24)26-3)19(23)12-20(18)27-13-25-2/h4-10,17-21H,11-13H2,1-3H3. The van der Waals surface area contributed by atoms with Crippen molar-refractivity contribution >= 4 is 16.7 Å². The lowest BCUT2D eigenvalue weighted by atomic mass is 9.76. The van der Waals surface area contributed by atoms with Crippen molar-refractivity contribution in [2.75, 3.05) is 28.1 Å². The molecule has 2 aliphatic rings. The molecule has 2 aliphatic heterocycles. The monoisotopic (exact) mass is 369 g/mol. The number of likely N-dealkylation sites (N-methyl/N-ethyl adjacent to an activating group) is 1. The molecule has 2 aromatic carbocycles. The maximum atomic E-state index is 12.8. The molecule has 2 fully saturated rings. The van der Waals surface area contributed by atoms with E-state index in [0.29, 0.717) is 0 Å². The molecular weight excluding hydrogens is 342 g/mol. The minimum Gasteiger partial charge on any atom is -0.469 e. The van der Waals surface area contributed by atoms with Crippen molar-refractivity contribution in [3.8, 4) is 0 Å². The molecule has 0 amide bonds. The van der Waals surface area contributed by atoms with Crippen molar-refractivity contribution in [1.29, 1.82) is 0 Å². The molecule has 0 saturated carbocycles. The maximum absolute atomic E-state index is 12.8. The van der Waals surface area contributed by atoms with Crippen LogP contribution in [0, 0.1) is 5.92 Å². The van der Waals surface area contributed by atoms with E-state index in [0.717, 1.165) is 12.8 Å². The zero-order valence-electron chi connectivity index (χ0n) is 16.1. The van der Waals surface area contributed by atoms with Gasteiger partial charge in [0.25, 0.3) is 0 Å². The van der Waals surface area contributed by atoms with Crippen LogP contribution in [0.4, 0.5) is 0 Å². The van der Waals surface area contributed by atoms with E-state index >= 15 is 0 Å². The highest BCUT2D eigenvalue weighted by molar-refractivity contribution is 5.83. The molecule has 0 spiro atoms. The van der Waals surface area contributed by atoms with Gasteiger partial charge in [-0.2, -0.15) is 0 Å². The molecule has 0 aliphatic carbocycles. The minimum atomic E-state index is -0.187. The van der Waals surface area contributed by atoms with E-state index in [4.69, 9.17) is 14.2 Å². The van der Waals surface area contributed by atoms with Crippen molar-refractivity contribution in [3.05, 3.63) is 48.0 Å². The summed E-state index contributed by atoms with van der Waals surface area (Å²) in [6.07, 6.45) is 1.78. The highest BCUT2D eigenvalue weighted by Gasteiger charge is 2.54. The summed E-state index contributed by atoms with van der Waals surface area (Å²) in [5.74, 6) is -0.186. The fourth-order valence-electron chi connectivity index (χ4n) is 5.04. The molecule has 2 heterocycles. The lowest BCUT2D eigenvalue weighted by Gasteiger charge is -2.42. The number of carbonyl (C=O) groups is 1. The number of carbonyl (C=O) groups excluding carboxylic acids is 1. The number of benzene rings is 2. The SMILES string of the molecule is COCOC1CC2C(C(=O)OC)C(c3ccc4ccccc4c3)CC1N2C. The van der Waals surface area contributed by atoms with Gasteiger partial charge in [0, 0.05) is 25.1 Å². The second-order valence-electron chi connectivity index (χ2n) is 7.65. The molecule has 0 N–H and O–H groups in total. The largest absolute Gasteiger partial charge is 0.469 e. The molecule has 2 bridgehead atoms. The lowest BCUT2D eigenvalue weighted by molar-refractivity contribution is -0.150. The van der Waals surface area contributed by atoms with Crippen LogP contribution in [0.15, 0.2) is 42.5 Å². The lowest BCUT2D eigenvalue weighted by Crippen LogP contribution is -2.50. The Morgan fingerprint density at radius 2 is 1.85 bits per heavy atom. The molecular formula is C22H27NO4. The average molecular weight is 369 g/mol. The first kappa shape index (κ1) is 18.4. The zero-order chi connectivity index (χ0) is 19.0. The molecule has 4 rings (SSSR count). The fourth-order valence-corrected chi connectivity index (χ4v) is 5.04. The molecule has 144 valence electrons. The quantitative estimate of drug-likeness (QED) is 0.598. The smallest absolute Gasteiger partial charge is 0.310 e. The second-order valence-corrected chi connectivity index (χ2v) is 7.65. The van der Waals surface area contributed by atoms with Crippen molar-refractivity contribution in [2.45, 2.75) is 36.9 Å². The van der Waals surface area contributed by atoms with Gasteiger partial charge in [-0.15, -0.1) is 0 Å². The van der Waals surface area contributed by atoms with E-state index in [9.17, 15) is 4.79 Å². The van der Waals surface area contributed by atoms with Gasteiger partial charge in [0.2, 0.25) is 0 Å². The Hall–Kier alpha value is -1.95. The summed E-state index contributed by atoms with van der Waals surface area (Å²) in [6.45, 7) is 0.283. The van der Waals surface area contributed by atoms with Gasteiger partial charge in [0.15, 0.2) is 0 Å². The maximum Gasteiger partial charge on any atom is 0.310 e. The summed E-state index contributed by atoms with van der Waals surface area (Å²) in [7, 11) is 5.22. The van der Waals surface area contributed by atoms with Gasteiger partial charge >= 0.3 is 5.97 Å². The van der Waals surface area contributed by atoms with E-state index in [-0.39, 0.29) is 42.8 Å². The Morgan fingerprint density at radius 1 is 1.07 bits per heavy atom. The van der Waals surface area contributed by atoms with Gasteiger partial charge in [-0.05, 0) is 36.2 Å². The number of ether oxygens (including phenoxy) is 3.